The zero-order valence-electron chi connectivity index (χ0n) is 12.0. The highest BCUT2D eigenvalue weighted by atomic mass is 35.5. The molecule has 0 aliphatic carbocycles. The van der Waals surface area contributed by atoms with Gasteiger partial charge in [0.15, 0.2) is 0 Å². The molecule has 0 amide bonds. The number of halogens is 1. The van der Waals surface area contributed by atoms with Gasteiger partial charge in [-0.05, 0) is 43.5 Å². The van der Waals surface area contributed by atoms with Crippen molar-refractivity contribution in [3.8, 4) is 0 Å². The van der Waals surface area contributed by atoms with Crippen molar-refractivity contribution in [2.24, 2.45) is 0 Å². The lowest BCUT2D eigenvalue weighted by Crippen LogP contribution is -2.43. The molecule has 3 nitrogen and oxygen atoms in total. The monoisotopic (exact) mass is 291 g/mol. The summed E-state index contributed by atoms with van der Waals surface area (Å²) < 4.78 is 0. The van der Waals surface area contributed by atoms with Gasteiger partial charge in [0, 0.05) is 42.8 Å². The van der Waals surface area contributed by atoms with Crippen LogP contribution in [0.4, 0.5) is 0 Å². The highest BCUT2D eigenvalue weighted by Crippen LogP contribution is 2.27. The second-order valence-corrected chi connectivity index (χ2v) is 6.01. The number of hydrogen-bond donors (Lipinski definition) is 2. The van der Waals surface area contributed by atoms with Crippen molar-refractivity contribution in [1.29, 1.82) is 0 Å². The molecule has 4 heteroatoms. The summed E-state index contributed by atoms with van der Waals surface area (Å²) in [6, 6.07) is 4.15. The molecule has 2 aromatic rings. The molecule has 1 fully saturated rings. The fraction of sp³-hybridized carbons (Fsp3) is 0.500. The first kappa shape index (κ1) is 13.9. The highest BCUT2D eigenvalue weighted by molar-refractivity contribution is 6.32. The number of nitrogens with one attached hydrogen (secondary N) is 2. The Bertz CT molecular complexity index is 585. The van der Waals surface area contributed by atoms with Crippen molar-refractivity contribution < 1.29 is 0 Å². The van der Waals surface area contributed by atoms with Crippen molar-refractivity contribution in [2.45, 2.75) is 19.8 Å². The van der Waals surface area contributed by atoms with E-state index in [0.29, 0.717) is 0 Å². The number of hydrogen-bond acceptors (Lipinski definition) is 2. The molecule has 1 saturated heterocycles. The van der Waals surface area contributed by atoms with Gasteiger partial charge in [0.1, 0.15) is 0 Å². The van der Waals surface area contributed by atoms with Crippen molar-refractivity contribution in [2.75, 3.05) is 32.7 Å². The minimum absolute atomic E-state index is 0.840. The first-order chi connectivity index (χ1) is 9.75. The molecule has 2 N–H and O–H groups in total. The average molecular weight is 292 g/mol. The van der Waals surface area contributed by atoms with Gasteiger partial charge >= 0.3 is 0 Å². The van der Waals surface area contributed by atoms with Crippen molar-refractivity contribution in [3.05, 3.63) is 34.5 Å². The molecule has 1 aliphatic rings. The molecule has 2 heterocycles. The quantitative estimate of drug-likeness (QED) is 0.907. The lowest BCUT2D eigenvalue weighted by molar-refractivity contribution is 0.238. The molecule has 0 unspecified atom stereocenters. The Balaban J connectivity index is 1.64. The number of aromatic amines is 1. The Morgan fingerprint density at radius 2 is 2.05 bits per heavy atom. The van der Waals surface area contributed by atoms with Crippen LogP contribution >= 0.6 is 11.6 Å². The van der Waals surface area contributed by atoms with E-state index in [1.807, 2.05) is 6.07 Å². The van der Waals surface area contributed by atoms with E-state index in [9.17, 15) is 0 Å². The first-order valence-corrected chi connectivity index (χ1v) is 7.81. The zero-order valence-corrected chi connectivity index (χ0v) is 12.8. The summed E-state index contributed by atoms with van der Waals surface area (Å²) >= 11 is 6.17. The maximum Gasteiger partial charge on any atom is 0.0501 e. The van der Waals surface area contributed by atoms with Gasteiger partial charge in [0.2, 0.25) is 0 Å². The molecule has 1 aromatic carbocycles. The zero-order chi connectivity index (χ0) is 13.9. The van der Waals surface area contributed by atoms with E-state index in [0.717, 1.165) is 30.1 Å². The van der Waals surface area contributed by atoms with E-state index in [4.69, 9.17) is 11.6 Å². The van der Waals surface area contributed by atoms with Crippen molar-refractivity contribution in [3.63, 3.8) is 0 Å². The predicted molar refractivity (Wildman–Crippen MR) is 85.7 cm³/mol. The number of piperazine rings is 1. The van der Waals surface area contributed by atoms with Gasteiger partial charge in [0.25, 0.3) is 0 Å². The summed E-state index contributed by atoms with van der Waals surface area (Å²) in [5, 5.41) is 5.56. The molecule has 0 saturated carbocycles. The van der Waals surface area contributed by atoms with Gasteiger partial charge in [-0.2, -0.15) is 0 Å². The van der Waals surface area contributed by atoms with Crippen LogP contribution in [0.5, 0.6) is 0 Å². The fourth-order valence-electron chi connectivity index (χ4n) is 3.01. The van der Waals surface area contributed by atoms with E-state index < -0.39 is 0 Å². The van der Waals surface area contributed by atoms with Gasteiger partial charge in [-0.3, -0.25) is 0 Å². The summed E-state index contributed by atoms with van der Waals surface area (Å²) in [6.07, 6.45) is 4.49. The molecule has 108 valence electrons. The molecule has 1 aromatic heterocycles. The Morgan fingerprint density at radius 3 is 2.85 bits per heavy atom. The van der Waals surface area contributed by atoms with Gasteiger partial charge in [-0.1, -0.05) is 17.7 Å². The number of rotatable bonds is 4. The molecule has 1 aliphatic heterocycles. The second-order valence-electron chi connectivity index (χ2n) is 5.60. The molecule has 0 spiro atoms. The Hall–Kier alpha value is -1.03. The maximum atomic E-state index is 6.17. The molecule has 20 heavy (non-hydrogen) atoms. The van der Waals surface area contributed by atoms with Crippen LogP contribution in [0.3, 0.4) is 0 Å². The van der Waals surface area contributed by atoms with E-state index in [1.165, 1.54) is 42.5 Å². The molecule has 0 radical (unpaired) electrons. The van der Waals surface area contributed by atoms with Gasteiger partial charge < -0.3 is 15.2 Å². The number of nitrogens with zero attached hydrogens (tertiary/aromatic N) is 1. The van der Waals surface area contributed by atoms with Crippen LogP contribution in [-0.4, -0.2) is 42.6 Å². The van der Waals surface area contributed by atoms with Crippen LogP contribution < -0.4 is 5.32 Å². The maximum absolute atomic E-state index is 6.17. The van der Waals surface area contributed by atoms with E-state index >= 15 is 0 Å². The van der Waals surface area contributed by atoms with E-state index in [2.05, 4.69) is 34.4 Å². The molecular weight excluding hydrogens is 270 g/mol. The largest absolute Gasteiger partial charge is 0.361 e. The van der Waals surface area contributed by atoms with Crippen LogP contribution in [-0.2, 0) is 6.42 Å². The van der Waals surface area contributed by atoms with Crippen molar-refractivity contribution >= 4 is 22.5 Å². The summed E-state index contributed by atoms with van der Waals surface area (Å²) in [5.41, 5.74) is 3.75. The summed E-state index contributed by atoms with van der Waals surface area (Å²) in [5.74, 6) is 0. The SMILES string of the molecule is Cc1c(Cl)ccc2c(CCCN3CCNCC3)c[nH]c12. The Kier molecular flexibility index (Phi) is 4.29. The summed E-state index contributed by atoms with van der Waals surface area (Å²) in [7, 11) is 0. The third kappa shape index (κ3) is 2.85. The van der Waals surface area contributed by atoms with Gasteiger partial charge in [-0.15, -0.1) is 0 Å². The van der Waals surface area contributed by atoms with Gasteiger partial charge in [-0.25, -0.2) is 0 Å². The van der Waals surface area contributed by atoms with E-state index in [-0.39, 0.29) is 0 Å². The number of aryl methyl sites for hydroxylation is 2. The minimum atomic E-state index is 0.840. The molecule has 3 rings (SSSR count). The third-order valence-corrected chi connectivity index (χ3v) is 4.68. The Morgan fingerprint density at radius 1 is 1.25 bits per heavy atom. The topological polar surface area (TPSA) is 31.1 Å². The smallest absolute Gasteiger partial charge is 0.0501 e. The number of aromatic nitrogens is 1. The number of H-pyrrole nitrogens is 1. The van der Waals surface area contributed by atoms with Crippen LogP contribution in [0.2, 0.25) is 5.02 Å². The van der Waals surface area contributed by atoms with Crippen LogP contribution in [0, 0.1) is 6.92 Å². The second kappa shape index (κ2) is 6.17. The lowest BCUT2D eigenvalue weighted by atomic mass is 10.1. The molecular formula is C16H22ClN3. The van der Waals surface area contributed by atoms with Crippen LogP contribution in [0.15, 0.2) is 18.3 Å². The first-order valence-electron chi connectivity index (χ1n) is 7.44. The number of fused-ring (bicyclic) bond motifs is 1. The van der Waals surface area contributed by atoms with Gasteiger partial charge in [0.05, 0.1) is 5.52 Å². The standard InChI is InChI=1S/C16H22ClN3/c1-12-15(17)5-4-14-13(11-19-16(12)14)3-2-8-20-9-6-18-7-10-20/h4-5,11,18-19H,2-3,6-10H2,1H3. The third-order valence-electron chi connectivity index (χ3n) is 4.27. The Labute approximate surface area is 125 Å². The predicted octanol–water partition coefficient (Wildman–Crippen LogP) is 2.97. The van der Waals surface area contributed by atoms with Crippen molar-refractivity contribution in [1.82, 2.24) is 15.2 Å². The normalized spacial score (nSPS) is 16.9. The van der Waals surface area contributed by atoms with Crippen LogP contribution in [0.25, 0.3) is 10.9 Å². The lowest BCUT2D eigenvalue weighted by Gasteiger charge is -2.26. The number of benzene rings is 1. The average Bonchev–Trinajstić information content (AvgIpc) is 2.88. The highest BCUT2D eigenvalue weighted by Gasteiger charge is 2.11. The fourth-order valence-corrected chi connectivity index (χ4v) is 3.17. The summed E-state index contributed by atoms with van der Waals surface area (Å²) in [4.78, 5) is 5.93. The summed E-state index contributed by atoms with van der Waals surface area (Å²) in [6.45, 7) is 7.90. The van der Waals surface area contributed by atoms with Crippen LogP contribution in [0.1, 0.15) is 17.5 Å². The molecule has 0 atom stereocenters. The molecule has 0 bridgehead atoms. The minimum Gasteiger partial charge on any atom is -0.361 e. The van der Waals surface area contributed by atoms with E-state index in [1.54, 1.807) is 0 Å².